The Labute approximate surface area is 122 Å². The quantitative estimate of drug-likeness (QED) is 0.842. The third kappa shape index (κ3) is 5.18. The first-order valence-electron chi connectivity index (χ1n) is 7.05. The van der Waals surface area contributed by atoms with E-state index < -0.39 is 30.6 Å². The third-order valence-electron chi connectivity index (χ3n) is 3.54. The Balaban J connectivity index is 2.70. The topological polar surface area (TPSA) is 66.6 Å². The average Bonchev–Trinajstić information content (AvgIpc) is 2.42. The van der Waals surface area contributed by atoms with Gasteiger partial charge in [0.2, 0.25) is 11.8 Å². The number of nitrogens with zero attached hydrogens (tertiary/aromatic N) is 2. The Morgan fingerprint density at radius 1 is 1.43 bits per heavy atom. The Morgan fingerprint density at radius 3 is 2.52 bits per heavy atom. The molecule has 1 fully saturated rings. The van der Waals surface area contributed by atoms with Gasteiger partial charge in [-0.15, -0.1) is 0 Å². The summed E-state index contributed by atoms with van der Waals surface area (Å²) >= 11 is 0. The molecule has 5 nitrogen and oxygen atoms in total. The Hall–Kier alpha value is -1.31. The van der Waals surface area contributed by atoms with Crippen LogP contribution in [0.5, 0.6) is 0 Å². The van der Waals surface area contributed by atoms with Crippen LogP contribution in [0, 0.1) is 5.92 Å². The molecule has 8 heteroatoms. The van der Waals surface area contributed by atoms with Gasteiger partial charge in [0.1, 0.15) is 6.54 Å². The smallest absolute Gasteiger partial charge is 0.341 e. The van der Waals surface area contributed by atoms with E-state index in [1.807, 2.05) is 0 Å². The standard InChI is InChI=1S/C13H22F3N3O2/c1-3-18(8-13(14,15)16)12(21)10-5-4-6-19(7-10)11(20)9(2)17/h9-10H,3-8,17H2,1-2H3/t9-,10?/m0/s1. The molecule has 1 aliphatic rings. The molecule has 0 aromatic carbocycles. The van der Waals surface area contributed by atoms with E-state index in [2.05, 4.69) is 0 Å². The van der Waals surface area contributed by atoms with Gasteiger partial charge in [0.05, 0.1) is 12.0 Å². The summed E-state index contributed by atoms with van der Waals surface area (Å²) in [5.74, 6) is -1.40. The molecule has 0 aliphatic carbocycles. The van der Waals surface area contributed by atoms with Crippen molar-refractivity contribution in [2.75, 3.05) is 26.2 Å². The van der Waals surface area contributed by atoms with Crippen molar-refractivity contribution in [3.05, 3.63) is 0 Å². The lowest BCUT2D eigenvalue weighted by molar-refractivity contribution is -0.164. The number of carbonyl (C=O) groups is 2. The highest BCUT2D eigenvalue weighted by Crippen LogP contribution is 2.22. The average molecular weight is 309 g/mol. The Bertz CT molecular complexity index is 385. The fourth-order valence-corrected chi connectivity index (χ4v) is 2.49. The van der Waals surface area contributed by atoms with E-state index in [4.69, 9.17) is 5.73 Å². The molecule has 1 unspecified atom stereocenters. The minimum atomic E-state index is -4.42. The largest absolute Gasteiger partial charge is 0.406 e. The lowest BCUT2D eigenvalue weighted by atomic mass is 9.96. The highest BCUT2D eigenvalue weighted by atomic mass is 19.4. The molecule has 0 saturated carbocycles. The number of hydrogen-bond donors (Lipinski definition) is 1. The van der Waals surface area contributed by atoms with Crippen LogP contribution < -0.4 is 5.73 Å². The lowest BCUT2D eigenvalue weighted by Gasteiger charge is -2.35. The summed E-state index contributed by atoms with van der Waals surface area (Å²) in [6.07, 6.45) is -3.32. The first kappa shape index (κ1) is 17.7. The second-order valence-corrected chi connectivity index (χ2v) is 5.38. The van der Waals surface area contributed by atoms with Gasteiger partial charge in [-0.2, -0.15) is 13.2 Å². The minimum absolute atomic E-state index is 0.00389. The van der Waals surface area contributed by atoms with Crippen LogP contribution in [0.4, 0.5) is 13.2 Å². The molecule has 1 aliphatic heterocycles. The van der Waals surface area contributed by atoms with Crippen molar-refractivity contribution in [1.82, 2.24) is 9.80 Å². The molecule has 2 amide bonds. The Morgan fingerprint density at radius 2 is 2.05 bits per heavy atom. The van der Waals surface area contributed by atoms with Crippen molar-refractivity contribution in [2.24, 2.45) is 11.7 Å². The summed E-state index contributed by atoms with van der Waals surface area (Å²) in [6, 6.07) is -0.670. The molecule has 0 spiro atoms. The number of amides is 2. The molecular formula is C13H22F3N3O2. The van der Waals surface area contributed by atoms with E-state index in [1.54, 1.807) is 6.92 Å². The van der Waals surface area contributed by atoms with Crippen molar-refractivity contribution in [2.45, 2.75) is 38.9 Å². The van der Waals surface area contributed by atoms with Crippen molar-refractivity contribution in [3.8, 4) is 0 Å². The van der Waals surface area contributed by atoms with Crippen LogP contribution >= 0.6 is 0 Å². The summed E-state index contributed by atoms with van der Waals surface area (Å²) in [7, 11) is 0. The van der Waals surface area contributed by atoms with Gasteiger partial charge in [-0.3, -0.25) is 9.59 Å². The van der Waals surface area contributed by atoms with E-state index in [9.17, 15) is 22.8 Å². The summed E-state index contributed by atoms with van der Waals surface area (Å²) in [5.41, 5.74) is 5.52. The van der Waals surface area contributed by atoms with Crippen molar-refractivity contribution in [1.29, 1.82) is 0 Å². The zero-order valence-corrected chi connectivity index (χ0v) is 12.3. The maximum atomic E-state index is 12.5. The van der Waals surface area contributed by atoms with Gasteiger partial charge in [-0.05, 0) is 26.7 Å². The van der Waals surface area contributed by atoms with E-state index in [0.29, 0.717) is 19.4 Å². The first-order valence-corrected chi connectivity index (χ1v) is 7.05. The van der Waals surface area contributed by atoms with Gasteiger partial charge in [0.15, 0.2) is 0 Å². The highest BCUT2D eigenvalue weighted by Gasteiger charge is 2.36. The van der Waals surface area contributed by atoms with Crippen LogP contribution in [0.2, 0.25) is 0 Å². The monoisotopic (exact) mass is 309 g/mol. The van der Waals surface area contributed by atoms with Gasteiger partial charge >= 0.3 is 6.18 Å². The number of alkyl halides is 3. The second kappa shape index (κ2) is 7.11. The van der Waals surface area contributed by atoms with E-state index in [1.165, 1.54) is 11.8 Å². The molecule has 2 N–H and O–H groups in total. The summed E-state index contributed by atoms with van der Waals surface area (Å²) < 4.78 is 37.4. The predicted molar refractivity (Wildman–Crippen MR) is 71.3 cm³/mol. The van der Waals surface area contributed by atoms with Crippen molar-refractivity contribution < 1.29 is 22.8 Å². The first-order chi connectivity index (χ1) is 9.65. The molecule has 0 aromatic heterocycles. The fraction of sp³-hybridized carbons (Fsp3) is 0.846. The molecule has 21 heavy (non-hydrogen) atoms. The zero-order chi connectivity index (χ0) is 16.2. The molecule has 1 saturated heterocycles. The number of nitrogens with two attached hydrogens (primary N) is 1. The number of hydrogen-bond acceptors (Lipinski definition) is 3. The molecule has 1 heterocycles. The number of piperidine rings is 1. The van der Waals surface area contributed by atoms with Gasteiger partial charge < -0.3 is 15.5 Å². The molecule has 1 rings (SSSR count). The number of carbonyl (C=O) groups excluding carboxylic acids is 2. The maximum Gasteiger partial charge on any atom is 0.406 e. The van der Waals surface area contributed by atoms with Gasteiger partial charge in [0.25, 0.3) is 0 Å². The van der Waals surface area contributed by atoms with Crippen LogP contribution in [0.15, 0.2) is 0 Å². The molecule has 0 bridgehead atoms. The summed E-state index contributed by atoms with van der Waals surface area (Å²) in [4.78, 5) is 26.3. The van der Waals surface area contributed by atoms with Crippen molar-refractivity contribution >= 4 is 11.8 Å². The molecule has 0 radical (unpaired) electrons. The molecular weight excluding hydrogens is 287 g/mol. The molecule has 122 valence electrons. The van der Waals surface area contributed by atoms with E-state index in [0.717, 1.165) is 4.90 Å². The normalized spacial score (nSPS) is 21.0. The Kier molecular flexibility index (Phi) is 6.00. The van der Waals surface area contributed by atoms with E-state index >= 15 is 0 Å². The van der Waals surface area contributed by atoms with Crippen LogP contribution in [-0.2, 0) is 9.59 Å². The zero-order valence-electron chi connectivity index (χ0n) is 12.3. The predicted octanol–water partition coefficient (Wildman–Crippen LogP) is 0.983. The molecule has 0 aromatic rings. The number of halogens is 3. The van der Waals surface area contributed by atoms with Crippen LogP contribution in [-0.4, -0.2) is 60.0 Å². The van der Waals surface area contributed by atoms with E-state index in [-0.39, 0.29) is 19.0 Å². The SMILES string of the molecule is CCN(CC(F)(F)F)C(=O)C1CCCN(C(=O)[C@H](C)N)C1. The van der Waals surface area contributed by atoms with Gasteiger partial charge in [-0.1, -0.05) is 0 Å². The highest BCUT2D eigenvalue weighted by molar-refractivity contribution is 5.83. The van der Waals surface area contributed by atoms with Crippen LogP contribution in [0.1, 0.15) is 26.7 Å². The lowest BCUT2D eigenvalue weighted by Crippen LogP contribution is -2.51. The minimum Gasteiger partial charge on any atom is -0.341 e. The summed E-state index contributed by atoms with van der Waals surface area (Å²) in [5, 5.41) is 0. The van der Waals surface area contributed by atoms with Crippen LogP contribution in [0.25, 0.3) is 0 Å². The third-order valence-corrected chi connectivity index (χ3v) is 3.54. The van der Waals surface area contributed by atoms with Gasteiger partial charge in [0, 0.05) is 19.6 Å². The summed E-state index contributed by atoms with van der Waals surface area (Å²) in [6.45, 7) is 2.45. The van der Waals surface area contributed by atoms with Crippen molar-refractivity contribution in [3.63, 3.8) is 0 Å². The maximum absolute atomic E-state index is 12.5. The number of likely N-dealkylation sites (tertiary alicyclic amines) is 1. The fourth-order valence-electron chi connectivity index (χ4n) is 2.49. The second-order valence-electron chi connectivity index (χ2n) is 5.38. The molecule has 2 atom stereocenters. The van der Waals surface area contributed by atoms with Crippen LogP contribution in [0.3, 0.4) is 0 Å². The number of rotatable bonds is 4. The van der Waals surface area contributed by atoms with Gasteiger partial charge in [-0.25, -0.2) is 0 Å².